The van der Waals surface area contributed by atoms with E-state index in [1.54, 1.807) is 4.31 Å². The lowest BCUT2D eigenvalue weighted by atomic mass is 9.94. The zero-order valence-electron chi connectivity index (χ0n) is 18.5. The third kappa shape index (κ3) is 4.34. The van der Waals surface area contributed by atoms with Gasteiger partial charge in [-0.15, -0.1) is 0 Å². The van der Waals surface area contributed by atoms with Crippen LogP contribution in [-0.4, -0.2) is 56.3 Å². The molecule has 0 bridgehead atoms. The molecule has 1 heterocycles. The molecule has 4 rings (SSSR count). The topological polar surface area (TPSA) is 60.9 Å². The number of benzene rings is 2. The van der Waals surface area contributed by atoms with E-state index in [1.165, 1.54) is 12.1 Å². The molecule has 2 aliphatic rings. The van der Waals surface area contributed by atoms with Gasteiger partial charge in [0.1, 0.15) is 11.0 Å². The van der Waals surface area contributed by atoms with Crippen LogP contribution in [0.3, 0.4) is 0 Å². The standard InChI is InChI=1S/C24H27F3N2O3S/c1-17-16-28(21(30)23(12-13-23)19-6-4-3-5-7-19)14-15-29(17)33(32)20-10-8-18(9-11-20)22(2,31)24(25,26)27/h3-11,17,31H,12-16H2,1-2H3. The number of nitrogens with zero attached hydrogens (tertiary/aromatic N) is 2. The summed E-state index contributed by atoms with van der Waals surface area (Å²) in [6.45, 7) is 3.85. The molecule has 1 saturated heterocycles. The molecule has 0 radical (unpaired) electrons. The Hall–Kier alpha value is -2.23. The van der Waals surface area contributed by atoms with Crippen LogP contribution < -0.4 is 0 Å². The number of carbonyl (C=O) groups excluding carboxylic acids is 1. The number of amides is 1. The molecule has 33 heavy (non-hydrogen) atoms. The van der Waals surface area contributed by atoms with Crippen molar-refractivity contribution in [3.63, 3.8) is 0 Å². The minimum atomic E-state index is -4.82. The van der Waals surface area contributed by atoms with Crippen molar-refractivity contribution in [1.82, 2.24) is 9.21 Å². The first-order valence-corrected chi connectivity index (χ1v) is 12.0. The molecule has 2 aromatic rings. The number of rotatable bonds is 5. The minimum absolute atomic E-state index is 0.102. The molecular formula is C24H27F3N2O3S. The van der Waals surface area contributed by atoms with E-state index in [-0.39, 0.29) is 17.5 Å². The Morgan fingerprint density at radius 3 is 2.18 bits per heavy atom. The van der Waals surface area contributed by atoms with Crippen LogP contribution in [0.4, 0.5) is 13.2 Å². The first kappa shape index (κ1) is 23.9. The maximum atomic E-state index is 13.3. The molecule has 1 amide bonds. The van der Waals surface area contributed by atoms with Gasteiger partial charge in [-0.3, -0.25) is 4.79 Å². The van der Waals surface area contributed by atoms with Gasteiger partial charge in [-0.1, -0.05) is 42.5 Å². The molecule has 1 N–H and O–H groups in total. The molecule has 3 unspecified atom stereocenters. The summed E-state index contributed by atoms with van der Waals surface area (Å²) in [6, 6.07) is 14.6. The highest BCUT2D eigenvalue weighted by Crippen LogP contribution is 2.49. The van der Waals surface area contributed by atoms with Gasteiger partial charge in [-0.05, 0) is 49.9 Å². The van der Waals surface area contributed by atoms with Gasteiger partial charge in [0.2, 0.25) is 5.91 Å². The van der Waals surface area contributed by atoms with Gasteiger partial charge < -0.3 is 10.0 Å². The Bertz CT molecular complexity index is 1040. The summed E-state index contributed by atoms with van der Waals surface area (Å²) in [7, 11) is -1.59. The van der Waals surface area contributed by atoms with Crippen LogP contribution in [0, 0.1) is 0 Å². The first-order valence-electron chi connectivity index (χ1n) is 10.9. The molecule has 178 valence electrons. The Labute approximate surface area is 193 Å². The highest BCUT2D eigenvalue weighted by molar-refractivity contribution is 7.82. The van der Waals surface area contributed by atoms with Crippen molar-refractivity contribution >= 4 is 16.9 Å². The molecular weight excluding hydrogens is 453 g/mol. The van der Waals surface area contributed by atoms with Crippen molar-refractivity contribution < 1.29 is 27.3 Å². The zero-order valence-corrected chi connectivity index (χ0v) is 19.3. The van der Waals surface area contributed by atoms with E-state index >= 15 is 0 Å². The highest BCUT2D eigenvalue weighted by atomic mass is 32.2. The number of alkyl halides is 3. The van der Waals surface area contributed by atoms with E-state index in [4.69, 9.17) is 0 Å². The van der Waals surface area contributed by atoms with Crippen LogP contribution in [0.25, 0.3) is 0 Å². The molecule has 0 aromatic heterocycles. The normalized spacial score (nSPS) is 23.6. The number of hydrogen-bond donors (Lipinski definition) is 1. The van der Waals surface area contributed by atoms with Crippen LogP contribution in [0.2, 0.25) is 0 Å². The average Bonchev–Trinajstić information content (AvgIpc) is 3.60. The number of carbonyl (C=O) groups is 1. The zero-order chi connectivity index (χ0) is 24.0. The second-order valence-corrected chi connectivity index (χ2v) is 10.5. The van der Waals surface area contributed by atoms with Gasteiger partial charge in [-0.2, -0.15) is 13.2 Å². The van der Waals surface area contributed by atoms with E-state index in [9.17, 15) is 27.3 Å². The molecule has 1 aliphatic heterocycles. The number of aliphatic hydroxyl groups is 1. The third-order valence-corrected chi connectivity index (χ3v) is 8.37. The molecule has 0 spiro atoms. The lowest BCUT2D eigenvalue weighted by Crippen LogP contribution is -2.55. The maximum Gasteiger partial charge on any atom is 0.421 e. The predicted molar refractivity (Wildman–Crippen MR) is 119 cm³/mol. The fourth-order valence-electron chi connectivity index (χ4n) is 4.38. The van der Waals surface area contributed by atoms with Crippen molar-refractivity contribution in [3.05, 3.63) is 65.7 Å². The van der Waals surface area contributed by atoms with Gasteiger partial charge in [0.15, 0.2) is 5.60 Å². The molecule has 3 atom stereocenters. The van der Waals surface area contributed by atoms with Crippen LogP contribution in [-0.2, 0) is 26.8 Å². The highest BCUT2D eigenvalue weighted by Gasteiger charge is 2.54. The van der Waals surface area contributed by atoms with Gasteiger partial charge in [0, 0.05) is 25.7 Å². The molecule has 9 heteroatoms. The van der Waals surface area contributed by atoms with Crippen LogP contribution in [0.1, 0.15) is 37.8 Å². The summed E-state index contributed by atoms with van der Waals surface area (Å²) in [5.41, 5.74) is -2.71. The van der Waals surface area contributed by atoms with Crippen LogP contribution >= 0.6 is 0 Å². The van der Waals surface area contributed by atoms with Crippen molar-refractivity contribution in [2.45, 2.75) is 54.8 Å². The molecule has 1 saturated carbocycles. The van der Waals surface area contributed by atoms with E-state index in [2.05, 4.69) is 0 Å². The summed E-state index contributed by atoms with van der Waals surface area (Å²) in [4.78, 5) is 15.5. The molecule has 5 nitrogen and oxygen atoms in total. The SMILES string of the molecule is CC1CN(C(=O)C2(c3ccccc3)CC2)CCN1S(=O)c1ccc(C(C)(O)C(F)(F)F)cc1. The summed E-state index contributed by atoms with van der Waals surface area (Å²) in [6.07, 6.45) is -3.17. The Morgan fingerprint density at radius 2 is 1.67 bits per heavy atom. The Morgan fingerprint density at radius 1 is 1.06 bits per heavy atom. The van der Waals surface area contributed by atoms with Crippen molar-refractivity contribution in [2.75, 3.05) is 19.6 Å². The van der Waals surface area contributed by atoms with Crippen molar-refractivity contribution in [1.29, 1.82) is 0 Å². The van der Waals surface area contributed by atoms with Gasteiger partial charge in [0.25, 0.3) is 0 Å². The quantitative estimate of drug-likeness (QED) is 0.709. The average molecular weight is 481 g/mol. The molecule has 2 fully saturated rings. The largest absolute Gasteiger partial charge is 0.421 e. The van der Waals surface area contributed by atoms with Crippen LogP contribution in [0.5, 0.6) is 0 Å². The van der Waals surface area contributed by atoms with E-state index < -0.39 is 28.2 Å². The number of piperazine rings is 1. The lowest BCUT2D eigenvalue weighted by molar-refractivity contribution is -0.258. The van der Waals surface area contributed by atoms with Crippen LogP contribution in [0.15, 0.2) is 59.5 Å². The van der Waals surface area contributed by atoms with Gasteiger partial charge in [0.05, 0.1) is 10.3 Å². The Kier molecular flexibility index (Phi) is 6.18. The Balaban J connectivity index is 1.43. The summed E-state index contributed by atoms with van der Waals surface area (Å²) < 4.78 is 54.1. The fourth-order valence-corrected chi connectivity index (χ4v) is 5.66. The number of hydrogen-bond acceptors (Lipinski definition) is 3. The van der Waals surface area contributed by atoms with Gasteiger partial charge >= 0.3 is 6.18 Å². The summed E-state index contributed by atoms with van der Waals surface area (Å²) >= 11 is 0. The van der Waals surface area contributed by atoms with E-state index in [0.717, 1.165) is 30.5 Å². The van der Waals surface area contributed by atoms with Gasteiger partial charge in [-0.25, -0.2) is 8.51 Å². The third-order valence-electron chi connectivity index (χ3n) is 6.72. The predicted octanol–water partition coefficient (Wildman–Crippen LogP) is 3.74. The van der Waals surface area contributed by atoms with E-state index in [0.29, 0.717) is 31.5 Å². The molecule has 2 aromatic carbocycles. The second-order valence-electron chi connectivity index (χ2n) is 9.03. The maximum absolute atomic E-state index is 13.3. The van der Waals surface area contributed by atoms with Crippen molar-refractivity contribution in [2.24, 2.45) is 0 Å². The lowest BCUT2D eigenvalue weighted by Gasteiger charge is -2.40. The molecule has 1 aliphatic carbocycles. The summed E-state index contributed by atoms with van der Waals surface area (Å²) in [5, 5.41) is 9.83. The monoisotopic (exact) mass is 480 g/mol. The second kappa shape index (κ2) is 8.52. The van der Waals surface area contributed by atoms with Crippen molar-refractivity contribution in [3.8, 4) is 0 Å². The minimum Gasteiger partial charge on any atom is -0.376 e. The first-order chi connectivity index (χ1) is 15.5. The fraction of sp³-hybridized carbons (Fsp3) is 0.458. The smallest absolute Gasteiger partial charge is 0.376 e. The van der Waals surface area contributed by atoms with E-state index in [1.807, 2.05) is 42.2 Å². The summed E-state index contributed by atoms with van der Waals surface area (Å²) in [5.74, 6) is 0.102. The number of halogens is 3.